The maximum Gasteiger partial charge on any atom is 0.268 e. The Bertz CT molecular complexity index is 1080. The molecular formula is C27H33N3O5. The molecule has 1 saturated carbocycles. The highest BCUT2D eigenvalue weighted by Crippen LogP contribution is 2.45. The molecule has 3 aliphatic rings. The number of rotatable bonds is 9. The lowest BCUT2D eigenvalue weighted by Crippen LogP contribution is -2.61. The van der Waals surface area contributed by atoms with E-state index in [0.717, 1.165) is 32.5 Å². The second-order valence-electron chi connectivity index (χ2n) is 9.56. The third-order valence-electron chi connectivity index (χ3n) is 7.11. The maximum atomic E-state index is 12.7. The molecule has 0 aromatic heterocycles. The molecule has 2 aliphatic heterocycles. The number of ether oxygens (including phenoxy) is 3. The molecule has 2 heterocycles. The summed E-state index contributed by atoms with van der Waals surface area (Å²) in [7, 11) is 1.63. The number of amides is 2. The number of benzene rings is 2. The number of anilines is 1. The molecule has 8 heteroatoms. The first kappa shape index (κ1) is 23.8. The second kappa shape index (κ2) is 10.4. The van der Waals surface area contributed by atoms with Gasteiger partial charge in [0.1, 0.15) is 5.75 Å². The molecule has 8 nitrogen and oxygen atoms in total. The number of hydrogen-bond acceptors (Lipinski definition) is 6. The quantitative estimate of drug-likeness (QED) is 0.538. The fourth-order valence-electron chi connectivity index (χ4n) is 5.06. The average molecular weight is 480 g/mol. The largest absolute Gasteiger partial charge is 0.475 e. The minimum atomic E-state index is -0.885. The number of hydrogen-bond donors (Lipinski definition) is 2. The number of nitrogens with zero attached hydrogens (tertiary/aromatic N) is 1. The van der Waals surface area contributed by atoms with Crippen molar-refractivity contribution in [2.75, 3.05) is 45.3 Å². The Morgan fingerprint density at radius 3 is 2.86 bits per heavy atom. The van der Waals surface area contributed by atoms with E-state index >= 15 is 0 Å². The van der Waals surface area contributed by atoms with E-state index in [1.807, 2.05) is 0 Å². The number of methoxy groups -OCH3 is 1. The first-order valence-electron chi connectivity index (χ1n) is 12.4. The molecule has 1 spiro atoms. The van der Waals surface area contributed by atoms with Crippen LogP contribution in [-0.4, -0.2) is 68.4 Å². The van der Waals surface area contributed by atoms with E-state index < -0.39 is 5.60 Å². The van der Waals surface area contributed by atoms with Crippen LogP contribution in [0.2, 0.25) is 0 Å². The molecule has 2 aromatic rings. The molecule has 35 heavy (non-hydrogen) atoms. The van der Waals surface area contributed by atoms with E-state index in [4.69, 9.17) is 14.2 Å². The van der Waals surface area contributed by atoms with Gasteiger partial charge in [-0.1, -0.05) is 24.3 Å². The third-order valence-corrected chi connectivity index (χ3v) is 7.11. The van der Waals surface area contributed by atoms with E-state index in [1.54, 1.807) is 25.3 Å². The van der Waals surface area contributed by atoms with Crippen LogP contribution in [0, 0.1) is 0 Å². The smallest absolute Gasteiger partial charge is 0.268 e. The Labute approximate surface area is 205 Å². The Kier molecular flexibility index (Phi) is 7.04. The Balaban J connectivity index is 1.08. The molecule has 0 saturated heterocycles. The van der Waals surface area contributed by atoms with Crippen LogP contribution in [-0.2, 0) is 27.2 Å². The minimum absolute atomic E-state index is 0.0119. The van der Waals surface area contributed by atoms with E-state index in [9.17, 15) is 9.59 Å². The van der Waals surface area contributed by atoms with E-state index in [0.29, 0.717) is 49.6 Å². The predicted octanol–water partition coefficient (Wildman–Crippen LogP) is 2.76. The molecule has 0 unspecified atom stereocenters. The number of fused-ring (bicyclic) bond motifs is 2. The van der Waals surface area contributed by atoms with E-state index in [1.165, 1.54) is 11.1 Å². The van der Waals surface area contributed by atoms with E-state index in [-0.39, 0.29) is 17.9 Å². The molecule has 1 aliphatic carbocycles. The first-order valence-corrected chi connectivity index (χ1v) is 12.4. The topological polar surface area (TPSA) is 89.1 Å². The monoisotopic (exact) mass is 479 g/mol. The van der Waals surface area contributed by atoms with Crippen molar-refractivity contribution >= 4 is 17.5 Å². The molecule has 2 N–H and O–H groups in total. The predicted molar refractivity (Wildman–Crippen MR) is 132 cm³/mol. The molecular weight excluding hydrogens is 446 g/mol. The van der Waals surface area contributed by atoms with Crippen LogP contribution in [0.4, 0.5) is 5.69 Å². The molecule has 0 radical (unpaired) electrons. The Morgan fingerprint density at radius 2 is 2.03 bits per heavy atom. The normalized spacial score (nSPS) is 23.0. The van der Waals surface area contributed by atoms with Crippen LogP contribution in [0.15, 0.2) is 42.5 Å². The fraction of sp³-hybridized carbons (Fsp3) is 0.481. The van der Waals surface area contributed by atoms with Gasteiger partial charge >= 0.3 is 0 Å². The summed E-state index contributed by atoms with van der Waals surface area (Å²) in [5.74, 6) is 0.251. The zero-order chi connectivity index (χ0) is 24.3. The van der Waals surface area contributed by atoms with Gasteiger partial charge in [-0.15, -0.1) is 0 Å². The molecule has 5 rings (SSSR count). The van der Waals surface area contributed by atoms with Crippen molar-refractivity contribution in [3.63, 3.8) is 0 Å². The van der Waals surface area contributed by atoms with Crippen LogP contribution in [0.1, 0.15) is 40.7 Å². The van der Waals surface area contributed by atoms with Gasteiger partial charge in [0.15, 0.2) is 5.60 Å². The number of carbonyl (C=O) groups excluding carboxylic acids is 2. The van der Waals surface area contributed by atoms with Gasteiger partial charge in [0, 0.05) is 51.7 Å². The summed E-state index contributed by atoms with van der Waals surface area (Å²) in [5, 5.41) is 5.92. The van der Waals surface area contributed by atoms with Crippen LogP contribution in [0.25, 0.3) is 0 Å². The first-order chi connectivity index (χ1) is 17.1. The van der Waals surface area contributed by atoms with Gasteiger partial charge < -0.3 is 24.8 Å². The van der Waals surface area contributed by atoms with Crippen molar-refractivity contribution < 1.29 is 23.8 Å². The minimum Gasteiger partial charge on any atom is -0.475 e. The van der Waals surface area contributed by atoms with Crippen LogP contribution < -0.4 is 15.4 Å². The molecule has 2 aromatic carbocycles. The van der Waals surface area contributed by atoms with Gasteiger partial charge in [-0.2, -0.15) is 0 Å². The van der Waals surface area contributed by atoms with Gasteiger partial charge in [-0.05, 0) is 42.2 Å². The highest BCUT2D eigenvalue weighted by Gasteiger charge is 2.55. The van der Waals surface area contributed by atoms with E-state index in [2.05, 4.69) is 39.8 Å². The second-order valence-corrected chi connectivity index (χ2v) is 9.56. The Hall–Kier alpha value is -2.94. The highest BCUT2D eigenvalue weighted by molar-refractivity contribution is 6.03. The van der Waals surface area contributed by atoms with Gasteiger partial charge in [0.25, 0.3) is 11.8 Å². The van der Waals surface area contributed by atoms with Gasteiger partial charge in [-0.3, -0.25) is 14.5 Å². The van der Waals surface area contributed by atoms with Crippen LogP contribution >= 0.6 is 0 Å². The summed E-state index contributed by atoms with van der Waals surface area (Å²) in [6, 6.07) is 13.8. The van der Waals surface area contributed by atoms with Gasteiger partial charge in [0.05, 0.1) is 25.0 Å². The SMILES string of the molecule is COCCOC1CC2(C1)Oc1ccc(C(=O)NCCCN3CCc4ccccc4C3)cc1NC2=O. The summed E-state index contributed by atoms with van der Waals surface area (Å²) < 4.78 is 16.8. The van der Waals surface area contributed by atoms with Crippen LogP contribution in [0.5, 0.6) is 5.75 Å². The highest BCUT2D eigenvalue weighted by atomic mass is 16.5. The van der Waals surface area contributed by atoms with Gasteiger partial charge in [0.2, 0.25) is 0 Å². The fourth-order valence-corrected chi connectivity index (χ4v) is 5.06. The average Bonchev–Trinajstić information content (AvgIpc) is 2.85. The maximum absolute atomic E-state index is 12.7. The molecule has 0 atom stereocenters. The lowest BCUT2D eigenvalue weighted by atomic mass is 9.75. The molecule has 2 amide bonds. The van der Waals surface area contributed by atoms with Crippen molar-refractivity contribution in [2.24, 2.45) is 0 Å². The summed E-state index contributed by atoms with van der Waals surface area (Å²) in [5.41, 5.74) is 3.00. The molecule has 1 fully saturated rings. The lowest BCUT2D eigenvalue weighted by Gasteiger charge is -2.47. The van der Waals surface area contributed by atoms with Crippen molar-refractivity contribution in [3.05, 3.63) is 59.2 Å². The summed E-state index contributed by atoms with van der Waals surface area (Å²) in [6.45, 7) is 4.59. The van der Waals surface area contributed by atoms with Gasteiger partial charge in [-0.25, -0.2) is 0 Å². The summed E-state index contributed by atoms with van der Waals surface area (Å²) >= 11 is 0. The zero-order valence-corrected chi connectivity index (χ0v) is 20.2. The molecule has 186 valence electrons. The lowest BCUT2D eigenvalue weighted by molar-refractivity contribution is -0.161. The van der Waals surface area contributed by atoms with Crippen molar-refractivity contribution in [3.8, 4) is 5.75 Å². The zero-order valence-electron chi connectivity index (χ0n) is 20.2. The summed E-state index contributed by atoms with van der Waals surface area (Å²) in [6.07, 6.45) is 2.96. The van der Waals surface area contributed by atoms with Crippen molar-refractivity contribution in [1.82, 2.24) is 10.2 Å². The number of nitrogens with one attached hydrogen (secondary N) is 2. The Morgan fingerprint density at radius 1 is 1.20 bits per heavy atom. The van der Waals surface area contributed by atoms with Crippen molar-refractivity contribution in [2.45, 2.75) is 43.9 Å². The summed E-state index contributed by atoms with van der Waals surface area (Å²) in [4.78, 5) is 27.9. The number of carbonyl (C=O) groups is 2. The molecule has 0 bridgehead atoms. The standard InChI is InChI=1S/C27H33N3O5/c1-33-13-14-34-22-16-27(17-22)26(32)29-23-15-20(7-8-24(23)35-27)25(31)28-10-4-11-30-12-9-19-5-2-3-6-21(19)18-30/h2-3,5-8,15,22H,4,9-14,16-18H2,1H3,(H,28,31)(H,29,32). The van der Waals surface area contributed by atoms with Crippen molar-refractivity contribution in [1.29, 1.82) is 0 Å². The third kappa shape index (κ3) is 5.19. The van der Waals surface area contributed by atoms with Crippen LogP contribution in [0.3, 0.4) is 0 Å².